The molecule has 0 N–H and O–H groups in total. The van der Waals surface area contributed by atoms with E-state index in [0.29, 0.717) is 0 Å². The first-order valence-electron chi connectivity index (χ1n) is 16.8. The quantitative estimate of drug-likeness (QED) is 0.184. The van der Waals surface area contributed by atoms with E-state index in [2.05, 4.69) is 156 Å². The van der Waals surface area contributed by atoms with Crippen LogP contribution in [0.2, 0.25) is 0 Å². The lowest BCUT2D eigenvalue weighted by atomic mass is 9.94. The summed E-state index contributed by atoms with van der Waals surface area (Å²) in [5, 5.41) is 8.14. The van der Waals surface area contributed by atoms with E-state index in [4.69, 9.17) is 0 Å². The van der Waals surface area contributed by atoms with Crippen LogP contribution in [0.5, 0.6) is 0 Å². The van der Waals surface area contributed by atoms with E-state index >= 15 is 0 Å². The average molecular weight is 628 g/mol. The molecule has 0 unspecified atom stereocenters. The van der Waals surface area contributed by atoms with E-state index in [-0.39, 0.29) is 0 Å². The minimum Gasteiger partial charge on any atom is -0.309 e. The Morgan fingerprint density at radius 3 is 2.17 bits per heavy atom. The van der Waals surface area contributed by atoms with Gasteiger partial charge in [0.15, 0.2) is 0 Å². The summed E-state index contributed by atoms with van der Waals surface area (Å²) in [6.07, 6.45) is 6.95. The van der Waals surface area contributed by atoms with Crippen molar-refractivity contribution in [3.63, 3.8) is 0 Å². The van der Waals surface area contributed by atoms with Crippen LogP contribution in [0.25, 0.3) is 91.8 Å². The molecule has 0 aliphatic heterocycles. The number of hydrogen-bond donors (Lipinski definition) is 0. The zero-order valence-electron chi connectivity index (χ0n) is 26.2. The predicted octanol–water partition coefficient (Wildman–Crippen LogP) is 13.2. The monoisotopic (exact) mass is 627 g/mol. The number of fused-ring (bicyclic) bond motifs is 9. The van der Waals surface area contributed by atoms with Gasteiger partial charge in [0.2, 0.25) is 0 Å². The van der Waals surface area contributed by atoms with E-state index in [0.717, 1.165) is 12.8 Å². The first-order chi connectivity index (χ1) is 23.8. The van der Waals surface area contributed by atoms with Crippen LogP contribution < -0.4 is 0 Å². The van der Waals surface area contributed by atoms with Crippen molar-refractivity contribution in [2.24, 2.45) is 0 Å². The van der Waals surface area contributed by atoms with Crippen molar-refractivity contribution in [2.75, 3.05) is 0 Å². The number of para-hydroxylation sites is 1. The second-order valence-corrected chi connectivity index (χ2v) is 14.3. The van der Waals surface area contributed by atoms with Crippen LogP contribution in [0.1, 0.15) is 24.0 Å². The van der Waals surface area contributed by atoms with Crippen LogP contribution in [-0.2, 0) is 0 Å². The Morgan fingerprint density at radius 2 is 1.23 bits per heavy atom. The molecule has 2 heterocycles. The van der Waals surface area contributed by atoms with Gasteiger partial charge >= 0.3 is 0 Å². The lowest BCUT2D eigenvalue weighted by molar-refractivity contribution is 1.06. The Hall–Kier alpha value is -5.70. The molecule has 7 aromatic carbocycles. The van der Waals surface area contributed by atoms with Crippen molar-refractivity contribution in [3.8, 4) is 27.9 Å². The molecule has 9 aromatic rings. The Kier molecular flexibility index (Phi) is 5.44. The number of hydrogen-bond acceptors (Lipinski definition) is 1. The molecule has 2 aliphatic carbocycles. The molecule has 0 spiro atoms. The molecule has 0 fully saturated rings. The third-order valence-corrected chi connectivity index (χ3v) is 11.7. The fourth-order valence-electron chi connectivity index (χ4n) is 8.47. The van der Waals surface area contributed by atoms with Crippen molar-refractivity contribution in [1.82, 2.24) is 4.57 Å². The molecule has 48 heavy (non-hydrogen) atoms. The van der Waals surface area contributed by atoms with Crippen molar-refractivity contribution in [3.05, 3.63) is 163 Å². The SMILES string of the molecule is C1=CC2=C(CC1)c1cc3sc4ccc(-c5ccc6c(c5)c5ccccc5n6-c5cccc(-c6ccccc6)c5)cc4c3c3cccc2c13. The summed E-state index contributed by atoms with van der Waals surface area (Å²) < 4.78 is 5.16. The fourth-order valence-corrected chi connectivity index (χ4v) is 9.62. The van der Waals surface area contributed by atoms with E-state index in [1.165, 1.54) is 103 Å². The van der Waals surface area contributed by atoms with E-state index < -0.39 is 0 Å². The molecule has 0 amide bonds. The van der Waals surface area contributed by atoms with Gasteiger partial charge in [0.1, 0.15) is 0 Å². The highest BCUT2D eigenvalue weighted by atomic mass is 32.1. The third-order valence-electron chi connectivity index (χ3n) is 10.6. The van der Waals surface area contributed by atoms with Crippen LogP contribution in [-0.4, -0.2) is 4.57 Å². The summed E-state index contributed by atoms with van der Waals surface area (Å²) in [5.74, 6) is 0. The van der Waals surface area contributed by atoms with Crippen molar-refractivity contribution < 1.29 is 0 Å². The van der Waals surface area contributed by atoms with Gasteiger partial charge in [-0.25, -0.2) is 0 Å². The predicted molar refractivity (Wildman–Crippen MR) is 207 cm³/mol. The molecule has 1 nitrogen and oxygen atoms in total. The summed E-state index contributed by atoms with van der Waals surface area (Å²) in [4.78, 5) is 0. The molecular weight excluding hydrogens is 599 g/mol. The number of nitrogens with zero attached hydrogens (tertiary/aromatic N) is 1. The molecule has 224 valence electrons. The van der Waals surface area contributed by atoms with Crippen LogP contribution in [0, 0.1) is 0 Å². The molecular formula is C46H29NS. The molecule has 0 atom stereocenters. The van der Waals surface area contributed by atoms with Crippen LogP contribution in [0.4, 0.5) is 0 Å². The van der Waals surface area contributed by atoms with Gasteiger partial charge < -0.3 is 4.57 Å². The molecule has 2 heteroatoms. The van der Waals surface area contributed by atoms with Crippen LogP contribution >= 0.6 is 11.3 Å². The van der Waals surface area contributed by atoms with Gasteiger partial charge in [-0.1, -0.05) is 103 Å². The number of allylic oxidation sites excluding steroid dienone is 4. The summed E-state index contributed by atoms with van der Waals surface area (Å²) in [5.41, 5.74) is 14.4. The number of thiophene rings is 1. The average Bonchev–Trinajstić information content (AvgIpc) is 3.80. The second-order valence-electron chi connectivity index (χ2n) is 13.2. The fraction of sp³-hybridized carbons (Fsp3) is 0.0435. The Morgan fingerprint density at radius 1 is 0.479 bits per heavy atom. The van der Waals surface area contributed by atoms with Crippen molar-refractivity contribution in [2.45, 2.75) is 12.8 Å². The third kappa shape index (κ3) is 3.67. The zero-order chi connectivity index (χ0) is 31.3. The maximum absolute atomic E-state index is 2.49. The Bertz CT molecular complexity index is 2880. The highest BCUT2D eigenvalue weighted by Crippen LogP contribution is 2.51. The molecule has 11 rings (SSSR count). The zero-order valence-corrected chi connectivity index (χ0v) is 27.0. The number of aromatic nitrogens is 1. The lowest BCUT2D eigenvalue weighted by Crippen LogP contribution is -1.94. The molecule has 0 bridgehead atoms. The smallest absolute Gasteiger partial charge is 0.0541 e. The normalized spacial score (nSPS) is 13.9. The molecule has 0 saturated carbocycles. The summed E-state index contributed by atoms with van der Waals surface area (Å²) in [6.45, 7) is 0. The summed E-state index contributed by atoms with van der Waals surface area (Å²) in [6, 6.07) is 51.9. The highest BCUT2D eigenvalue weighted by molar-refractivity contribution is 7.26. The summed E-state index contributed by atoms with van der Waals surface area (Å²) >= 11 is 1.93. The van der Waals surface area contributed by atoms with E-state index in [1.54, 1.807) is 0 Å². The van der Waals surface area contributed by atoms with Gasteiger partial charge in [-0.05, 0) is 117 Å². The topological polar surface area (TPSA) is 4.93 Å². The van der Waals surface area contributed by atoms with E-state index in [1.807, 2.05) is 11.3 Å². The van der Waals surface area contributed by atoms with Gasteiger partial charge in [-0.15, -0.1) is 11.3 Å². The first-order valence-corrected chi connectivity index (χ1v) is 17.6. The maximum atomic E-state index is 2.49. The largest absolute Gasteiger partial charge is 0.309 e. The van der Waals surface area contributed by atoms with Crippen molar-refractivity contribution in [1.29, 1.82) is 0 Å². The standard InChI is InChI=1S/C46H29NS/c1-2-10-28(11-3-1)29-12-8-13-32(24-29)47-41-19-7-6-16-35(41)38-25-30(20-22-42(38)47)31-21-23-43-40(26-31)46-37-18-9-17-36-33-14-4-5-15-34(33)39(45(36)37)27-44(46)48-43/h1-4,6-14,16-27H,5,15H2. The maximum Gasteiger partial charge on any atom is 0.0541 e. The molecule has 0 radical (unpaired) electrons. The molecule has 2 aliphatic rings. The van der Waals surface area contributed by atoms with Gasteiger partial charge in [-0.2, -0.15) is 0 Å². The van der Waals surface area contributed by atoms with Gasteiger partial charge in [0, 0.05) is 36.6 Å². The summed E-state index contributed by atoms with van der Waals surface area (Å²) in [7, 11) is 0. The first kappa shape index (κ1) is 26.4. The second kappa shape index (κ2) is 9.90. The van der Waals surface area contributed by atoms with Crippen LogP contribution in [0.3, 0.4) is 0 Å². The minimum absolute atomic E-state index is 1.13. The highest BCUT2D eigenvalue weighted by Gasteiger charge is 2.26. The Labute approximate surface area is 282 Å². The van der Waals surface area contributed by atoms with E-state index in [9.17, 15) is 0 Å². The number of benzene rings is 7. The molecule has 2 aromatic heterocycles. The van der Waals surface area contributed by atoms with Gasteiger partial charge in [-0.3, -0.25) is 0 Å². The Balaban J connectivity index is 1.09. The van der Waals surface area contributed by atoms with Gasteiger partial charge in [0.05, 0.1) is 11.0 Å². The van der Waals surface area contributed by atoms with Gasteiger partial charge in [0.25, 0.3) is 0 Å². The minimum atomic E-state index is 1.13. The van der Waals surface area contributed by atoms with Crippen molar-refractivity contribution >= 4 is 75.2 Å². The van der Waals surface area contributed by atoms with Crippen LogP contribution in [0.15, 0.2) is 152 Å². The lowest BCUT2D eigenvalue weighted by Gasteiger charge is -2.11. The molecule has 0 saturated heterocycles. The number of rotatable bonds is 3.